The quantitative estimate of drug-likeness (QED) is 0.721. The van der Waals surface area contributed by atoms with E-state index >= 15 is 0 Å². The van der Waals surface area contributed by atoms with Gasteiger partial charge in [-0.25, -0.2) is 4.98 Å². The number of aliphatic hydroxyl groups is 1. The Balaban J connectivity index is 2.45. The number of aliphatic hydroxyl groups excluding tert-OH is 1. The van der Waals surface area contributed by atoms with Gasteiger partial charge in [-0.2, -0.15) is 0 Å². The average Bonchev–Trinajstić information content (AvgIpc) is 2.44. The van der Waals surface area contributed by atoms with E-state index in [9.17, 15) is 4.79 Å². The van der Waals surface area contributed by atoms with Gasteiger partial charge in [0.2, 0.25) is 5.91 Å². The van der Waals surface area contributed by atoms with Gasteiger partial charge in [-0.3, -0.25) is 9.69 Å². The Bertz CT molecular complexity index is 390. The summed E-state index contributed by atoms with van der Waals surface area (Å²) in [7, 11) is 0. The predicted octanol–water partition coefficient (Wildman–Crippen LogP) is 2.27. The highest BCUT2D eigenvalue weighted by Gasteiger charge is 2.10. The number of carbonyl (C=O) groups excluding carboxylic acids is 1. The summed E-state index contributed by atoms with van der Waals surface area (Å²) >= 11 is 3.30. The lowest BCUT2D eigenvalue weighted by Gasteiger charge is -2.20. The fraction of sp³-hybridized carbons (Fsp3) is 0.571. The van der Waals surface area contributed by atoms with Gasteiger partial charge < -0.3 is 10.4 Å². The van der Waals surface area contributed by atoms with E-state index in [1.54, 1.807) is 12.3 Å². The van der Waals surface area contributed by atoms with Crippen LogP contribution in [0.4, 0.5) is 5.82 Å². The molecule has 0 unspecified atom stereocenters. The molecule has 0 radical (unpaired) electrons. The van der Waals surface area contributed by atoms with Gasteiger partial charge >= 0.3 is 0 Å². The zero-order valence-electron chi connectivity index (χ0n) is 11.8. The van der Waals surface area contributed by atoms with Gasteiger partial charge in [0, 0.05) is 23.8 Å². The van der Waals surface area contributed by atoms with Gasteiger partial charge in [-0.1, -0.05) is 13.3 Å². The van der Waals surface area contributed by atoms with E-state index in [2.05, 4.69) is 38.1 Å². The third-order valence-electron chi connectivity index (χ3n) is 2.82. The summed E-state index contributed by atoms with van der Waals surface area (Å²) in [6.45, 7) is 4.21. The Hall–Kier alpha value is -0.980. The van der Waals surface area contributed by atoms with Crippen molar-refractivity contribution in [2.75, 3.05) is 31.6 Å². The van der Waals surface area contributed by atoms with Crippen molar-refractivity contribution >= 4 is 27.7 Å². The van der Waals surface area contributed by atoms with E-state index in [4.69, 9.17) is 5.11 Å². The van der Waals surface area contributed by atoms with E-state index in [0.717, 1.165) is 30.4 Å². The first kappa shape index (κ1) is 17.1. The van der Waals surface area contributed by atoms with Crippen LogP contribution in [0.2, 0.25) is 0 Å². The minimum Gasteiger partial charge on any atom is -0.396 e. The summed E-state index contributed by atoms with van der Waals surface area (Å²) in [4.78, 5) is 18.1. The molecule has 112 valence electrons. The molecule has 0 aliphatic carbocycles. The molecule has 0 bridgehead atoms. The fourth-order valence-electron chi connectivity index (χ4n) is 1.78. The van der Waals surface area contributed by atoms with Crippen molar-refractivity contribution in [3.8, 4) is 0 Å². The second-order valence-electron chi connectivity index (χ2n) is 4.62. The standard InChI is InChI=1S/C14H22BrN3O2/c1-2-3-7-18(8-4-9-19)11-14(20)17-13-6-5-12(15)10-16-13/h5-6,10,19H,2-4,7-9,11H2,1H3,(H,16,17,20). The summed E-state index contributed by atoms with van der Waals surface area (Å²) in [6.07, 6.45) is 4.48. The van der Waals surface area contributed by atoms with Gasteiger partial charge in [-0.15, -0.1) is 0 Å². The number of aromatic nitrogens is 1. The topological polar surface area (TPSA) is 65.5 Å². The summed E-state index contributed by atoms with van der Waals surface area (Å²) in [5, 5.41) is 11.7. The molecule has 0 spiro atoms. The van der Waals surface area contributed by atoms with E-state index in [1.807, 2.05) is 6.07 Å². The minimum absolute atomic E-state index is 0.0751. The molecule has 5 nitrogen and oxygen atoms in total. The highest BCUT2D eigenvalue weighted by atomic mass is 79.9. The van der Waals surface area contributed by atoms with Crippen LogP contribution in [0.3, 0.4) is 0 Å². The summed E-state index contributed by atoms with van der Waals surface area (Å²) < 4.78 is 0.878. The number of rotatable bonds is 9. The van der Waals surface area contributed by atoms with Crippen LogP contribution in [0.15, 0.2) is 22.8 Å². The lowest BCUT2D eigenvalue weighted by Crippen LogP contribution is -2.35. The van der Waals surface area contributed by atoms with Gasteiger partial charge in [-0.05, 0) is 47.4 Å². The van der Waals surface area contributed by atoms with Crippen LogP contribution in [-0.4, -0.2) is 47.1 Å². The summed E-state index contributed by atoms with van der Waals surface area (Å²) in [5.41, 5.74) is 0. The maximum atomic E-state index is 12.0. The van der Waals surface area contributed by atoms with Crippen molar-refractivity contribution in [3.05, 3.63) is 22.8 Å². The second kappa shape index (κ2) is 9.85. The lowest BCUT2D eigenvalue weighted by molar-refractivity contribution is -0.117. The second-order valence-corrected chi connectivity index (χ2v) is 5.53. The first-order valence-corrected chi connectivity index (χ1v) is 7.69. The van der Waals surface area contributed by atoms with Crippen LogP contribution in [0.1, 0.15) is 26.2 Å². The Morgan fingerprint density at radius 3 is 2.75 bits per heavy atom. The Morgan fingerprint density at radius 1 is 1.40 bits per heavy atom. The van der Waals surface area contributed by atoms with Gasteiger partial charge in [0.25, 0.3) is 0 Å². The first-order valence-electron chi connectivity index (χ1n) is 6.90. The van der Waals surface area contributed by atoms with E-state index < -0.39 is 0 Å². The van der Waals surface area contributed by atoms with Crippen molar-refractivity contribution in [2.24, 2.45) is 0 Å². The molecule has 1 rings (SSSR count). The molecule has 6 heteroatoms. The van der Waals surface area contributed by atoms with Gasteiger partial charge in [0.15, 0.2) is 0 Å². The number of anilines is 1. The van der Waals surface area contributed by atoms with Crippen LogP contribution in [0.25, 0.3) is 0 Å². The molecular weight excluding hydrogens is 322 g/mol. The summed E-state index contributed by atoms with van der Waals surface area (Å²) in [5.74, 6) is 0.477. The maximum absolute atomic E-state index is 12.0. The Labute approximate surface area is 128 Å². The largest absolute Gasteiger partial charge is 0.396 e. The average molecular weight is 344 g/mol. The zero-order valence-corrected chi connectivity index (χ0v) is 13.4. The smallest absolute Gasteiger partial charge is 0.239 e. The monoisotopic (exact) mass is 343 g/mol. The molecule has 2 N–H and O–H groups in total. The molecule has 0 aliphatic rings. The van der Waals surface area contributed by atoms with Crippen molar-refractivity contribution in [3.63, 3.8) is 0 Å². The van der Waals surface area contributed by atoms with Crippen LogP contribution in [0.5, 0.6) is 0 Å². The third-order valence-corrected chi connectivity index (χ3v) is 3.29. The van der Waals surface area contributed by atoms with Gasteiger partial charge in [0.1, 0.15) is 5.82 Å². The normalized spacial score (nSPS) is 10.8. The van der Waals surface area contributed by atoms with Crippen LogP contribution in [-0.2, 0) is 4.79 Å². The number of hydrogen-bond acceptors (Lipinski definition) is 4. The highest BCUT2D eigenvalue weighted by molar-refractivity contribution is 9.10. The fourth-order valence-corrected chi connectivity index (χ4v) is 2.02. The molecule has 0 saturated heterocycles. The first-order chi connectivity index (χ1) is 9.65. The SMILES string of the molecule is CCCCN(CCCO)CC(=O)Nc1ccc(Br)cn1. The van der Waals surface area contributed by atoms with Crippen molar-refractivity contribution in [1.82, 2.24) is 9.88 Å². The number of unbranched alkanes of at least 4 members (excludes halogenated alkanes) is 1. The van der Waals surface area contributed by atoms with Crippen LogP contribution >= 0.6 is 15.9 Å². The van der Waals surface area contributed by atoms with Crippen molar-refractivity contribution in [2.45, 2.75) is 26.2 Å². The predicted molar refractivity (Wildman–Crippen MR) is 83.6 cm³/mol. The number of nitrogens with one attached hydrogen (secondary N) is 1. The lowest BCUT2D eigenvalue weighted by atomic mass is 10.3. The molecule has 20 heavy (non-hydrogen) atoms. The number of halogens is 1. The molecule has 0 saturated carbocycles. The number of carbonyl (C=O) groups is 1. The maximum Gasteiger partial charge on any atom is 0.239 e. The van der Waals surface area contributed by atoms with Crippen molar-refractivity contribution in [1.29, 1.82) is 0 Å². The number of pyridine rings is 1. The molecule has 0 fully saturated rings. The number of nitrogens with zero attached hydrogens (tertiary/aromatic N) is 2. The molecule has 0 aromatic carbocycles. The highest BCUT2D eigenvalue weighted by Crippen LogP contribution is 2.10. The van der Waals surface area contributed by atoms with E-state index in [1.165, 1.54) is 0 Å². The van der Waals surface area contributed by atoms with Gasteiger partial charge in [0.05, 0.1) is 6.54 Å². The molecule has 0 atom stereocenters. The number of amides is 1. The summed E-state index contributed by atoms with van der Waals surface area (Å²) in [6, 6.07) is 3.59. The zero-order chi connectivity index (χ0) is 14.8. The molecule has 1 heterocycles. The minimum atomic E-state index is -0.0751. The molecule has 1 aromatic heterocycles. The van der Waals surface area contributed by atoms with Crippen molar-refractivity contribution < 1.29 is 9.90 Å². The number of hydrogen-bond donors (Lipinski definition) is 2. The van der Waals surface area contributed by atoms with Crippen LogP contribution < -0.4 is 5.32 Å². The van der Waals surface area contributed by atoms with E-state index in [0.29, 0.717) is 18.8 Å². The third kappa shape index (κ3) is 6.98. The molecular formula is C14H22BrN3O2. The molecule has 0 aliphatic heterocycles. The molecule has 1 aromatic rings. The Morgan fingerprint density at radius 2 is 2.15 bits per heavy atom. The molecule has 1 amide bonds. The Kier molecular flexibility index (Phi) is 8.41. The van der Waals surface area contributed by atoms with Crippen LogP contribution in [0, 0.1) is 0 Å². The van der Waals surface area contributed by atoms with E-state index in [-0.39, 0.29) is 12.5 Å².